The summed E-state index contributed by atoms with van der Waals surface area (Å²) in [6, 6.07) is 4.53. The highest BCUT2D eigenvalue weighted by molar-refractivity contribution is 6.02. The van der Waals surface area contributed by atoms with Crippen molar-refractivity contribution in [3.8, 4) is 0 Å². The van der Waals surface area contributed by atoms with Crippen molar-refractivity contribution in [2.45, 2.75) is 52.6 Å². The van der Waals surface area contributed by atoms with Gasteiger partial charge in [-0.1, -0.05) is 13.3 Å². The highest BCUT2D eigenvalue weighted by Gasteiger charge is 2.16. The number of carbonyl (C=O) groups is 1. The first kappa shape index (κ1) is 16.9. The topological polar surface area (TPSA) is 81.8 Å². The number of hydrogen-bond acceptors (Lipinski definition) is 4. The molecule has 1 amide bonds. The first-order valence-electron chi connectivity index (χ1n) is 7.77. The van der Waals surface area contributed by atoms with Crippen molar-refractivity contribution in [3.05, 3.63) is 40.4 Å². The molecule has 2 rings (SSSR count). The van der Waals surface area contributed by atoms with E-state index in [2.05, 4.69) is 15.5 Å². The van der Waals surface area contributed by atoms with Gasteiger partial charge in [-0.25, -0.2) is 4.68 Å². The number of nitrogens with one attached hydrogen (secondary N) is 1. The molecule has 7 nitrogen and oxygen atoms in total. The van der Waals surface area contributed by atoms with Crippen molar-refractivity contribution < 1.29 is 4.79 Å². The molecule has 2 aromatic rings. The minimum absolute atomic E-state index is 0.158. The van der Waals surface area contributed by atoms with Crippen molar-refractivity contribution in [2.75, 3.05) is 5.32 Å². The molecule has 0 spiro atoms. The van der Waals surface area contributed by atoms with E-state index in [1.165, 1.54) is 16.8 Å². The van der Waals surface area contributed by atoms with Gasteiger partial charge in [0.2, 0.25) is 0 Å². The second kappa shape index (κ2) is 6.76. The van der Waals surface area contributed by atoms with Crippen LogP contribution in [0.25, 0.3) is 0 Å². The predicted octanol–water partition coefficient (Wildman–Crippen LogP) is 2.25. The Hall–Kier alpha value is -2.44. The molecule has 0 aliphatic heterocycles. The Morgan fingerprint density at radius 1 is 1.22 bits per heavy atom. The molecule has 0 atom stereocenters. The fourth-order valence-corrected chi connectivity index (χ4v) is 1.98. The summed E-state index contributed by atoms with van der Waals surface area (Å²) < 4.78 is 3.10. The first-order valence-corrected chi connectivity index (χ1v) is 7.77. The number of amides is 1. The maximum atomic E-state index is 12.3. The number of aromatic nitrogens is 4. The molecular weight excluding hydrogens is 294 g/mol. The summed E-state index contributed by atoms with van der Waals surface area (Å²) >= 11 is 0. The van der Waals surface area contributed by atoms with Crippen LogP contribution in [0.2, 0.25) is 0 Å². The molecule has 0 aliphatic carbocycles. The van der Waals surface area contributed by atoms with E-state index in [9.17, 15) is 9.59 Å². The van der Waals surface area contributed by atoms with Gasteiger partial charge >= 0.3 is 0 Å². The van der Waals surface area contributed by atoms with Crippen LogP contribution < -0.4 is 10.9 Å². The molecule has 0 fully saturated rings. The van der Waals surface area contributed by atoms with E-state index in [-0.39, 0.29) is 22.7 Å². The van der Waals surface area contributed by atoms with Crippen LogP contribution in [0.4, 0.5) is 5.82 Å². The van der Waals surface area contributed by atoms with Gasteiger partial charge < -0.3 is 5.32 Å². The Balaban J connectivity index is 2.14. The van der Waals surface area contributed by atoms with Crippen LogP contribution >= 0.6 is 0 Å². The molecular formula is C16H23N5O2. The standard InChI is InChI=1S/C16H23N5O2/c1-5-6-10-20-14(22)8-7-12(18-20)15(23)17-13-9-11-21(19-13)16(2,3)4/h7-9,11H,5-6,10H2,1-4H3,(H,17,19,23). The molecule has 2 heterocycles. The number of rotatable bonds is 5. The van der Waals surface area contributed by atoms with Gasteiger partial charge in [0.1, 0.15) is 5.69 Å². The van der Waals surface area contributed by atoms with Gasteiger partial charge in [0.05, 0.1) is 5.54 Å². The third kappa shape index (κ3) is 4.28. The van der Waals surface area contributed by atoms with Crippen LogP contribution in [0.1, 0.15) is 51.0 Å². The molecule has 23 heavy (non-hydrogen) atoms. The minimum atomic E-state index is -0.380. The summed E-state index contributed by atoms with van der Waals surface area (Å²) in [4.78, 5) is 24.0. The van der Waals surface area contributed by atoms with Gasteiger partial charge in [-0.2, -0.15) is 10.2 Å². The van der Waals surface area contributed by atoms with Gasteiger partial charge in [0, 0.05) is 24.9 Å². The second-order valence-electron chi connectivity index (χ2n) is 6.40. The molecule has 1 N–H and O–H groups in total. The van der Waals surface area contributed by atoms with E-state index in [0.717, 1.165) is 12.8 Å². The number of hydrogen-bond donors (Lipinski definition) is 1. The van der Waals surface area contributed by atoms with E-state index < -0.39 is 0 Å². The highest BCUT2D eigenvalue weighted by Crippen LogP contribution is 2.15. The zero-order valence-electron chi connectivity index (χ0n) is 14.0. The number of aryl methyl sites for hydroxylation is 1. The molecule has 0 aromatic carbocycles. The lowest BCUT2D eigenvalue weighted by Gasteiger charge is -2.18. The van der Waals surface area contributed by atoms with Crippen LogP contribution in [0.15, 0.2) is 29.2 Å². The quantitative estimate of drug-likeness (QED) is 0.917. The third-order valence-corrected chi connectivity index (χ3v) is 3.34. The smallest absolute Gasteiger partial charge is 0.277 e. The van der Waals surface area contributed by atoms with Gasteiger partial charge in [0.15, 0.2) is 5.82 Å². The number of nitrogens with zero attached hydrogens (tertiary/aromatic N) is 4. The van der Waals surface area contributed by atoms with E-state index in [1.807, 2.05) is 33.9 Å². The number of carbonyl (C=O) groups excluding carboxylic acids is 1. The fraction of sp³-hybridized carbons (Fsp3) is 0.500. The van der Waals surface area contributed by atoms with E-state index >= 15 is 0 Å². The summed E-state index contributed by atoms with van der Waals surface area (Å²) in [5.74, 6) is 0.0763. The summed E-state index contributed by atoms with van der Waals surface area (Å²) in [6.45, 7) is 8.62. The van der Waals surface area contributed by atoms with Crippen LogP contribution in [0, 0.1) is 0 Å². The van der Waals surface area contributed by atoms with Gasteiger partial charge in [0.25, 0.3) is 11.5 Å². The Morgan fingerprint density at radius 2 is 1.96 bits per heavy atom. The van der Waals surface area contributed by atoms with Crippen molar-refractivity contribution in [1.82, 2.24) is 19.6 Å². The maximum Gasteiger partial charge on any atom is 0.277 e. The summed E-state index contributed by atoms with van der Waals surface area (Å²) in [7, 11) is 0. The molecule has 0 saturated carbocycles. The van der Waals surface area contributed by atoms with E-state index in [1.54, 1.807) is 10.7 Å². The number of anilines is 1. The Morgan fingerprint density at radius 3 is 2.57 bits per heavy atom. The number of unbranched alkanes of at least 4 members (excludes halogenated alkanes) is 1. The Labute approximate surface area is 135 Å². The lowest BCUT2D eigenvalue weighted by molar-refractivity contribution is 0.101. The maximum absolute atomic E-state index is 12.3. The molecule has 0 bridgehead atoms. The van der Waals surface area contributed by atoms with Gasteiger partial charge in [-0.05, 0) is 33.3 Å². The summed E-state index contributed by atoms with van der Waals surface area (Å²) in [6.07, 6.45) is 3.61. The molecule has 0 radical (unpaired) electrons. The van der Waals surface area contributed by atoms with Gasteiger partial charge in [-0.3, -0.25) is 14.3 Å². The third-order valence-electron chi connectivity index (χ3n) is 3.34. The van der Waals surface area contributed by atoms with Crippen LogP contribution in [-0.4, -0.2) is 25.5 Å². The van der Waals surface area contributed by atoms with Crippen molar-refractivity contribution >= 4 is 11.7 Å². The lowest BCUT2D eigenvalue weighted by Crippen LogP contribution is -2.26. The molecule has 7 heteroatoms. The average molecular weight is 317 g/mol. The first-order chi connectivity index (χ1) is 10.8. The predicted molar refractivity (Wildman–Crippen MR) is 88.6 cm³/mol. The van der Waals surface area contributed by atoms with E-state index in [0.29, 0.717) is 12.4 Å². The molecule has 0 saturated heterocycles. The Bertz CT molecular complexity index is 739. The van der Waals surface area contributed by atoms with Crippen LogP contribution in [0.3, 0.4) is 0 Å². The monoisotopic (exact) mass is 317 g/mol. The molecule has 124 valence electrons. The van der Waals surface area contributed by atoms with Crippen molar-refractivity contribution in [1.29, 1.82) is 0 Å². The SMILES string of the molecule is CCCCn1nc(C(=O)Nc2ccn(C(C)(C)C)n2)ccc1=O. The van der Waals surface area contributed by atoms with Crippen molar-refractivity contribution in [2.24, 2.45) is 0 Å². The molecule has 2 aromatic heterocycles. The molecule has 0 aliphatic rings. The average Bonchev–Trinajstić information content (AvgIpc) is 2.95. The lowest BCUT2D eigenvalue weighted by atomic mass is 10.1. The van der Waals surface area contributed by atoms with Gasteiger partial charge in [-0.15, -0.1) is 0 Å². The largest absolute Gasteiger partial charge is 0.304 e. The van der Waals surface area contributed by atoms with Crippen LogP contribution in [0.5, 0.6) is 0 Å². The second-order valence-corrected chi connectivity index (χ2v) is 6.40. The van der Waals surface area contributed by atoms with Crippen molar-refractivity contribution in [3.63, 3.8) is 0 Å². The zero-order chi connectivity index (χ0) is 17.0. The Kier molecular flexibility index (Phi) is 4.98. The summed E-state index contributed by atoms with van der Waals surface area (Å²) in [5, 5.41) is 11.1. The zero-order valence-corrected chi connectivity index (χ0v) is 14.0. The normalized spacial score (nSPS) is 11.5. The van der Waals surface area contributed by atoms with Crippen LogP contribution in [-0.2, 0) is 12.1 Å². The summed E-state index contributed by atoms with van der Waals surface area (Å²) in [5.41, 5.74) is -0.160. The highest BCUT2D eigenvalue weighted by atomic mass is 16.2. The fourth-order valence-electron chi connectivity index (χ4n) is 1.98. The van der Waals surface area contributed by atoms with E-state index in [4.69, 9.17) is 0 Å². The minimum Gasteiger partial charge on any atom is -0.304 e. The molecule has 0 unspecified atom stereocenters.